The molecule has 0 saturated heterocycles. The zero-order chi connectivity index (χ0) is 16.7. The maximum Gasteiger partial charge on any atom is 0.354 e. The first-order valence-electron chi connectivity index (χ1n) is 7.83. The highest BCUT2D eigenvalue weighted by Gasteiger charge is 2.18. The van der Waals surface area contributed by atoms with E-state index in [1.807, 2.05) is 37.3 Å². The molecule has 0 aliphatic heterocycles. The highest BCUT2D eigenvalue weighted by molar-refractivity contribution is 5.88. The summed E-state index contributed by atoms with van der Waals surface area (Å²) in [5.41, 5.74) is 4.06. The van der Waals surface area contributed by atoms with E-state index in [4.69, 9.17) is 0 Å². The van der Waals surface area contributed by atoms with Gasteiger partial charge in [0, 0.05) is 17.3 Å². The molecule has 0 unspecified atom stereocenters. The van der Waals surface area contributed by atoms with E-state index in [0.717, 1.165) is 22.8 Å². The molecule has 0 atom stereocenters. The Labute approximate surface area is 139 Å². The topological polar surface area (TPSA) is 55.1 Å². The molecule has 2 aromatic rings. The van der Waals surface area contributed by atoms with Crippen LogP contribution in [0.25, 0.3) is 23.9 Å². The Morgan fingerprint density at radius 2 is 2.00 bits per heavy atom. The Morgan fingerprint density at radius 3 is 2.83 bits per heavy atom. The second-order valence-corrected chi connectivity index (χ2v) is 5.82. The minimum Gasteiger partial charge on any atom is -0.477 e. The Morgan fingerprint density at radius 1 is 1.17 bits per heavy atom. The quantitative estimate of drug-likeness (QED) is 0.923. The number of rotatable bonds is 2. The Kier molecular flexibility index (Phi) is 3.31. The fraction of sp³-hybridized carbons (Fsp3) is 0.100. The van der Waals surface area contributed by atoms with Crippen molar-refractivity contribution in [2.75, 3.05) is 0 Å². The summed E-state index contributed by atoms with van der Waals surface area (Å²) >= 11 is 0. The van der Waals surface area contributed by atoms with Gasteiger partial charge in [-0.25, -0.2) is 9.78 Å². The molecule has 0 spiro atoms. The Balaban J connectivity index is 2.14. The van der Waals surface area contributed by atoms with Crippen molar-refractivity contribution in [3.8, 4) is 5.69 Å². The summed E-state index contributed by atoms with van der Waals surface area (Å²) in [4.78, 5) is 15.5. The smallest absolute Gasteiger partial charge is 0.354 e. The molecule has 0 fully saturated rings. The van der Waals surface area contributed by atoms with E-state index in [1.165, 1.54) is 11.1 Å². The van der Waals surface area contributed by atoms with Crippen LogP contribution < -0.4 is 10.7 Å². The highest BCUT2D eigenvalue weighted by atomic mass is 16.4. The summed E-state index contributed by atoms with van der Waals surface area (Å²) < 4.78 is 2.14. The van der Waals surface area contributed by atoms with Crippen molar-refractivity contribution in [2.24, 2.45) is 0 Å². The van der Waals surface area contributed by atoms with Gasteiger partial charge in [-0.05, 0) is 37.1 Å². The van der Waals surface area contributed by atoms with Crippen molar-refractivity contribution in [1.29, 1.82) is 0 Å². The Hall–Kier alpha value is -3.14. The minimum atomic E-state index is -1.01. The van der Waals surface area contributed by atoms with Gasteiger partial charge < -0.3 is 9.67 Å². The summed E-state index contributed by atoms with van der Waals surface area (Å²) in [6.45, 7) is 1.81. The predicted molar refractivity (Wildman–Crippen MR) is 94.5 cm³/mol. The monoisotopic (exact) mass is 316 g/mol. The highest BCUT2D eigenvalue weighted by Crippen LogP contribution is 2.18. The SMILES string of the molecule is Cc1c(-n2c3c(c4c2=CC=CC4)C=CC=CC=3)ccnc1C(=O)O. The molecule has 2 aliphatic carbocycles. The summed E-state index contributed by atoms with van der Waals surface area (Å²) in [6.07, 6.45) is 18.9. The third kappa shape index (κ3) is 2.07. The number of carboxylic acid groups (broad SMARTS) is 1. The molecule has 1 N–H and O–H groups in total. The van der Waals surface area contributed by atoms with Crippen LogP contribution in [0.1, 0.15) is 27.2 Å². The molecule has 4 nitrogen and oxygen atoms in total. The number of allylic oxidation sites excluding steroid dienone is 5. The molecule has 0 radical (unpaired) electrons. The molecular weight excluding hydrogens is 300 g/mol. The predicted octanol–water partition coefficient (Wildman–Crippen LogP) is 2.14. The number of hydrogen-bond acceptors (Lipinski definition) is 2. The van der Waals surface area contributed by atoms with Gasteiger partial charge in [-0.15, -0.1) is 0 Å². The lowest BCUT2D eigenvalue weighted by Gasteiger charge is -2.11. The van der Waals surface area contributed by atoms with E-state index in [-0.39, 0.29) is 5.69 Å². The number of aromatic carboxylic acids is 1. The van der Waals surface area contributed by atoms with Crippen molar-refractivity contribution in [3.63, 3.8) is 0 Å². The normalized spacial score (nSPS) is 14.4. The lowest BCUT2D eigenvalue weighted by Crippen LogP contribution is -2.28. The van der Waals surface area contributed by atoms with Crippen LogP contribution in [0.15, 0.2) is 42.6 Å². The second-order valence-electron chi connectivity index (χ2n) is 5.82. The first kappa shape index (κ1) is 14.5. The minimum absolute atomic E-state index is 0.0924. The average Bonchev–Trinajstić information content (AvgIpc) is 2.72. The van der Waals surface area contributed by atoms with Crippen molar-refractivity contribution < 1.29 is 9.90 Å². The summed E-state index contributed by atoms with van der Waals surface area (Å²) in [5.74, 6) is -1.01. The van der Waals surface area contributed by atoms with Gasteiger partial charge in [0.25, 0.3) is 0 Å². The lowest BCUT2D eigenvalue weighted by molar-refractivity contribution is 0.0689. The van der Waals surface area contributed by atoms with Crippen LogP contribution in [0, 0.1) is 6.92 Å². The molecular formula is C20H16N2O2. The van der Waals surface area contributed by atoms with Gasteiger partial charge in [0.15, 0.2) is 5.69 Å². The van der Waals surface area contributed by atoms with Crippen LogP contribution in [0.2, 0.25) is 0 Å². The zero-order valence-corrected chi connectivity index (χ0v) is 13.2. The fourth-order valence-corrected chi connectivity index (χ4v) is 3.37. The van der Waals surface area contributed by atoms with Crippen LogP contribution in [-0.2, 0) is 6.42 Å². The summed E-state index contributed by atoms with van der Waals surface area (Å²) in [6, 6.07) is 1.88. The van der Waals surface area contributed by atoms with Gasteiger partial charge in [-0.2, -0.15) is 0 Å². The lowest BCUT2D eigenvalue weighted by atomic mass is 10.1. The molecule has 0 aromatic carbocycles. The number of carboxylic acids is 1. The molecule has 2 aliphatic rings. The number of pyridine rings is 1. The van der Waals surface area contributed by atoms with E-state index >= 15 is 0 Å². The first-order valence-corrected chi connectivity index (χ1v) is 7.83. The number of fused-ring (bicyclic) bond motifs is 3. The van der Waals surface area contributed by atoms with Gasteiger partial charge in [-0.3, -0.25) is 0 Å². The maximum atomic E-state index is 11.5. The summed E-state index contributed by atoms with van der Waals surface area (Å²) in [7, 11) is 0. The Bertz CT molecular complexity index is 1070. The van der Waals surface area contributed by atoms with Crippen LogP contribution >= 0.6 is 0 Å². The molecule has 118 valence electrons. The van der Waals surface area contributed by atoms with E-state index in [0.29, 0.717) is 5.56 Å². The molecule has 0 saturated carbocycles. The van der Waals surface area contributed by atoms with Crippen LogP contribution in [0.4, 0.5) is 0 Å². The molecule has 2 heterocycles. The third-order valence-corrected chi connectivity index (χ3v) is 4.46. The van der Waals surface area contributed by atoms with Gasteiger partial charge in [0.2, 0.25) is 0 Å². The van der Waals surface area contributed by atoms with E-state index in [1.54, 1.807) is 6.20 Å². The van der Waals surface area contributed by atoms with Gasteiger partial charge in [-0.1, -0.05) is 36.5 Å². The molecule has 4 rings (SSSR count). The van der Waals surface area contributed by atoms with Crippen molar-refractivity contribution in [2.45, 2.75) is 13.3 Å². The van der Waals surface area contributed by atoms with E-state index < -0.39 is 5.97 Å². The van der Waals surface area contributed by atoms with Gasteiger partial charge in [0.1, 0.15) is 0 Å². The molecule has 2 aromatic heterocycles. The van der Waals surface area contributed by atoms with Crippen molar-refractivity contribution >= 4 is 24.2 Å². The number of nitrogens with zero attached hydrogens (tertiary/aromatic N) is 2. The molecule has 4 heteroatoms. The van der Waals surface area contributed by atoms with Crippen LogP contribution in [-0.4, -0.2) is 20.6 Å². The largest absolute Gasteiger partial charge is 0.477 e. The van der Waals surface area contributed by atoms with Gasteiger partial charge >= 0.3 is 5.97 Å². The van der Waals surface area contributed by atoms with Crippen molar-refractivity contribution in [1.82, 2.24) is 9.55 Å². The number of hydrogen-bond donors (Lipinski definition) is 1. The second kappa shape index (κ2) is 5.49. The third-order valence-electron chi connectivity index (χ3n) is 4.46. The van der Waals surface area contributed by atoms with E-state index in [2.05, 4.69) is 33.9 Å². The van der Waals surface area contributed by atoms with Crippen molar-refractivity contribution in [3.05, 3.63) is 75.7 Å². The molecule has 0 bridgehead atoms. The standard InChI is InChI=1S/C20H16N2O2/c1-13-16(11-12-21-19(13)20(23)24)22-17-9-4-2-3-7-14(17)15-8-5-6-10-18(15)22/h2-7,9-12H,8H2,1H3,(H,23,24). The number of aromatic nitrogens is 2. The maximum absolute atomic E-state index is 11.5. The summed E-state index contributed by atoms with van der Waals surface area (Å²) in [5, 5.41) is 11.6. The van der Waals surface area contributed by atoms with Crippen LogP contribution in [0.5, 0.6) is 0 Å². The first-order chi connectivity index (χ1) is 11.7. The molecule has 0 amide bonds. The number of carbonyl (C=O) groups is 1. The van der Waals surface area contributed by atoms with Gasteiger partial charge in [0.05, 0.1) is 16.4 Å². The average molecular weight is 316 g/mol. The molecule has 24 heavy (non-hydrogen) atoms. The fourth-order valence-electron chi connectivity index (χ4n) is 3.37. The van der Waals surface area contributed by atoms with E-state index in [9.17, 15) is 9.90 Å². The zero-order valence-electron chi connectivity index (χ0n) is 13.2. The van der Waals surface area contributed by atoms with Crippen LogP contribution in [0.3, 0.4) is 0 Å².